The normalized spacial score (nSPS) is 19.5. The van der Waals surface area contributed by atoms with Crippen molar-refractivity contribution in [2.45, 2.75) is 32.1 Å². The van der Waals surface area contributed by atoms with Crippen LogP contribution >= 0.6 is 0 Å². The number of aliphatic hydroxyl groups excluding tert-OH is 1. The second-order valence-corrected chi connectivity index (χ2v) is 3.81. The SMILES string of the molecule is O=C(O)C1(C(=O)OCCO)CCCCC1. The molecule has 0 aliphatic heterocycles. The molecule has 5 nitrogen and oxygen atoms in total. The summed E-state index contributed by atoms with van der Waals surface area (Å²) in [6.45, 7) is -0.407. The highest BCUT2D eigenvalue weighted by Gasteiger charge is 2.48. The van der Waals surface area contributed by atoms with E-state index in [0.29, 0.717) is 12.8 Å². The molecular formula is C10H16O5. The topological polar surface area (TPSA) is 83.8 Å². The fourth-order valence-electron chi connectivity index (χ4n) is 1.94. The summed E-state index contributed by atoms with van der Waals surface area (Å²) in [6, 6.07) is 0. The van der Waals surface area contributed by atoms with Crippen LogP contribution in [0.1, 0.15) is 32.1 Å². The minimum atomic E-state index is -1.37. The maximum Gasteiger partial charge on any atom is 0.323 e. The van der Waals surface area contributed by atoms with E-state index in [-0.39, 0.29) is 13.2 Å². The Morgan fingerprint density at radius 2 is 1.80 bits per heavy atom. The van der Waals surface area contributed by atoms with Crippen LogP contribution in [0, 0.1) is 5.41 Å². The van der Waals surface area contributed by atoms with Crippen LogP contribution in [0.5, 0.6) is 0 Å². The average molecular weight is 216 g/mol. The fourth-order valence-corrected chi connectivity index (χ4v) is 1.94. The summed E-state index contributed by atoms with van der Waals surface area (Å²) in [4.78, 5) is 22.7. The molecule has 0 unspecified atom stereocenters. The zero-order valence-electron chi connectivity index (χ0n) is 8.57. The van der Waals surface area contributed by atoms with Gasteiger partial charge in [-0.15, -0.1) is 0 Å². The predicted molar refractivity (Wildman–Crippen MR) is 51.2 cm³/mol. The van der Waals surface area contributed by atoms with Gasteiger partial charge in [-0.25, -0.2) is 0 Å². The number of carbonyl (C=O) groups excluding carboxylic acids is 1. The van der Waals surface area contributed by atoms with Crippen molar-refractivity contribution in [3.8, 4) is 0 Å². The Labute approximate surface area is 88.0 Å². The molecule has 0 bridgehead atoms. The van der Waals surface area contributed by atoms with Gasteiger partial charge in [0.15, 0.2) is 5.41 Å². The van der Waals surface area contributed by atoms with Gasteiger partial charge < -0.3 is 14.9 Å². The molecule has 0 radical (unpaired) electrons. The van der Waals surface area contributed by atoms with E-state index < -0.39 is 17.4 Å². The lowest BCUT2D eigenvalue weighted by Crippen LogP contribution is -2.42. The predicted octanol–water partition coefficient (Wildman–Crippen LogP) is 0.557. The van der Waals surface area contributed by atoms with Crippen LogP contribution in [0.4, 0.5) is 0 Å². The van der Waals surface area contributed by atoms with Gasteiger partial charge >= 0.3 is 11.9 Å². The first-order chi connectivity index (χ1) is 7.13. The molecule has 86 valence electrons. The summed E-state index contributed by atoms with van der Waals surface area (Å²) in [6.07, 6.45) is 3.11. The van der Waals surface area contributed by atoms with Gasteiger partial charge in [0.25, 0.3) is 0 Å². The molecular weight excluding hydrogens is 200 g/mol. The maximum atomic E-state index is 11.6. The number of aliphatic carboxylic acids is 1. The first-order valence-corrected chi connectivity index (χ1v) is 5.15. The van der Waals surface area contributed by atoms with Crippen molar-refractivity contribution in [3.63, 3.8) is 0 Å². The van der Waals surface area contributed by atoms with E-state index in [2.05, 4.69) is 0 Å². The van der Waals surface area contributed by atoms with E-state index >= 15 is 0 Å². The van der Waals surface area contributed by atoms with Crippen LogP contribution in [0.3, 0.4) is 0 Å². The largest absolute Gasteiger partial charge is 0.480 e. The lowest BCUT2D eigenvalue weighted by molar-refractivity contribution is -0.172. The molecule has 0 aromatic carbocycles. The zero-order chi connectivity index (χ0) is 11.3. The number of hydrogen-bond donors (Lipinski definition) is 2. The zero-order valence-corrected chi connectivity index (χ0v) is 8.57. The molecule has 0 amide bonds. The first-order valence-electron chi connectivity index (χ1n) is 5.15. The smallest absolute Gasteiger partial charge is 0.323 e. The molecule has 1 aliphatic rings. The highest BCUT2D eigenvalue weighted by molar-refractivity contribution is 5.99. The van der Waals surface area contributed by atoms with Crippen LogP contribution in [-0.2, 0) is 14.3 Å². The van der Waals surface area contributed by atoms with E-state index in [4.69, 9.17) is 14.9 Å². The van der Waals surface area contributed by atoms with Crippen molar-refractivity contribution >= 4 is 11.9 Å². The third-order valence-electron chi connectivity index (χ3n) is 2.83. The summed E-state index contributed by atoms with van der Waals surface area (Å²) in [5.74, 6) is -1.81. The Morgan fingerprint density at radius 3 is 2.27 bits per heavy atom. The van der Waals surface area contributed by atoms with Gasteiger partial charge in [0.1, 0.15) is 6.61 Å². The number of esters is 1. The summed E-state index contributed by atoms with van der Waals surface area (Å²) in [5.41, 5.74) is -1.37. The average Bonchev–Trinajstić information content (AvgIpc) is 2.26. The summed E-state index contributed by atoms with van der Waals surface area (Å²) in [5, 5.41) is 17.6. The van der Waals surface area contributed by atoms with Gasteiger partial charge in [-0.2, -0.15) is 0 Å². The first kappa shape index (κ1) is 12.0. The minimum Gasteiger partial charge on any atom is -0.480 e. The minimum absolute atomic E-state index is 0.131. The molecule has 0 aromatic heterocycles. The lowest BCUT2D eigenvalue weighted by atomic mass is 9.74. The second kappa shape index (κ2) is 5.11. The molecule has 1 saturated carbocycles. The van der Waals surface area contributed by atoms with E-state index in [9.17, 15) is 9.59 Å². The van der Waals surface area contributed by atoms with E-state index in [1.54, 1.807) is 0 Å². The third-order valence-corrected chi connectivity index (χ3v) is 2.83. The molecule has 1 aliphatic carbocycles. The molecule has 0 heterocycles. The summed E-state index contributed by atoms with van der Waals surface area (Å²) >= 11 is 0. The number of carboxylic acids is 1. The van der Waals surface area contributed by atoms with E-state index in [0.717, 1.165) is 19.3 Å². The lowest BCUT2D eigenvalue weighted by Gasteiger charge is -2.30. The Bertz CT molecular complexity index is 242. The van der Waals surface area contributed by atoms with Gasteiger partial charge in [0, 0.05) is 0 Å². The van der Waals surface area contributed by atoms with Crippen molar-refractivity contribution < 1.29 is 24.5 Å². The molecule has 5 heteroatoms. The van der Waals surface area contributed by atoms with Crippen LogP contribution in [0.15, 0.2) is 0 Å². The summed E-state index contributed by atoms with van der Waals surface area (Å²) in [7, 11) is 0. The summed E-state index contributed by atoms with van der Waals surface area (Å²) < 4.78 is 4.73. The van der Waals surface area contributed by atoms with E-state index in [1.807, 2.05) is 0 Å². The molecule has 1 fully saturated rings. The molecule has 15 heavy (non-hydrogen) atoms. The van der Waals surface area contributed by atoms with Gasteiger partial charge in [0.05, 0.1) is 6.61 Å². The monoisotopic (exact) mass is 216 g/mol. The molecule has 2 N–H and O–H groups in total. The van der Waals surface area contributed by atoms with E-state index in [1.165, 1.54) is 0 Å². The van der Waals surface area contributed by atoms with Crippen molar-refractivity contribution in [2.24, 2.45) is 5.41 Å². The van der Waals surface area contributed by atoms with Crippen molar-refractivity contribution in [1.82, 2.24) is 0 Å². The Morgan fingerprint density at radius 1 is 1.20 bits per heavy atom. The number of ether oxygens (including phenoxy) is 1. The maximum absolute atomic E-state index is 11.6. The molecule has 0 saturated heterocycles. The van der Waals surface area contributed by atoms with Crippen molar-refractivity contribution in [2.75, 3.05) is 13.2 Å². The number of carboxylic acid groups (broad SMARTS) is 1. The molecule has 1 rings (SSSR count). The fraction of sp³-hybridized carbons (Fsp3) is 0.800. The van der Waals surface area contributed by atoms with Crippen LogP contribution < -0.4 is 0 Å². The van der Waals surface area contributed by atoms with Gasteiger partial charge in [-0.05, 0) is 12.8 Å². The van der Waals surface area contributed by atoms with Gasteiger partial charge in [-0.3, -0.25) is 9.59 Å². The highest BCUT2D eigenvalue weighted by atomic mass is 16.5. The molecule has 0 atom stereocenters. The second-order valence-electron chi connectivity index (χ2n) is 3.81. The van der Waals surface area contributed by atoms with Crippen molar-refractivity contribution in [3.05, 3.63) is 0 Å². The number of carbonyl (C=O) groups is 2. The molecule has 0 aromatic rings. The Balaban J connectivity index is 2.71. The number of rotatable bonds is 4. The Hall–Kier alpha value is -1.10. The highest BCUT2D eigenvalue weighted by Crippen LogP contribution is 2.37. The van der Waals surface area contributed by atoms with Gasteiger partial charge in [0.2, 0.25) is 0 Å². The standard InChI is InChI=1S/C10H16O5/c11-6-7-15-9(14)10(8(12)13)4-2-1-3-5-10/h11H,1-7H2,(H,12,13). The number of aliphatic hydroxyl groups is 1. The van der Waals surface area contributed by atoms with Crippen LogP contribution in [-0.4, -0.2) is 35.4 Å². The third kappa shape index (κ3) is 2.47. The van der Waals surface area contributed by atoms with Crippen LogP contribution in [0.25, 0.3) is 0 Å². The Kier molecular flexibility index (Phi) is 4.08. The van der Waals surface area contributed by atoms with Crippen LogP contribution in [0.2, 0.25) is 0 Å². The molecule has 0 spiro atoms. The van der Waals surface area contributed by atoms with Crippen molar-refractivity contribution in [1.29, 1.82) is 0 Å². The van der Waals surface area contributed by atoms with Gasteiger partial charge in [-0.1, -0.05) is 19.3 Å². The quantitative estimate of drug-likeness (QED) is 0.529. The number of hydrogen-bond acceptors (Lipinski definition) is 4.